The second-order valence-corrected chi connectivity index (χ2v) is 4.62. The van der Waals surface area contributed by atoms with Crippen LogP contribution in [-0.4, -0.2) is 45.5 Å². The first-order valence-electron chi connectivity index (χ1n) is 5.72. The average Bonchev–Trinajstić information content (AvgIpc) is 2.83. The molecule has 2 N–H and O–H groups in total. The van der Waals surface area contributed by atoms with E-state index in [-0.39, 0.29) is 6.04 Å². The Morgan fingerprint density at radius 1 is 1.50 bits per heavy atom. The molecule has 0 aliphatic heterocycles. The number of nitrogens with zero attached hydrogens (tertiary/aromatic N) is 5. The number of rotatable bonds is 4. The fraction of sp³-hybridized carbons (Fsp3) is 0.545. The molecule has 0 spiro atoms. The zero-order valence-corrected chi connectivity index (χ0v) is 11.1. The number of aryl methyl sites for hydroxylation is 2. The van der Waals surface area contributed by atoms with Gasteiger partial charge in [-0.1, -0.05) is 5.16 Å². The van der Waals surface area contributed by atoms with Gasteiger partial charge < -0.3 is 15.2 Å². The highest BCUT2D eigenvalue weighted by atomic mass is 16.5. The molecule has 0 aromatic carbocycles. The van der Waals surface area contributed by atoms with Gasteiger partial charge in [0.05, 0.1) is 11.7 Å². The van der Waals surface area contributed by atoms with Crippen molar-refractivity contribution in [1.82, 2.24) is 24.8 Å². The second-order valence-electron chi connectivity index (χ2n) is 4.62. The largest absolute Gasteiger partial charge is 0.332 e. The molecule has 0 bridgehead atoms. The lowest BCUT2D eigenvalue weighted by molar-refractivity contribution is 0.356. The SMILES string of the molecule is Cc1cc(-c2nc(C(N)CN(C)C)no2)n(C)n1. The van der Waals surface area contributed by atoms with Crippen molar-refractivity contribution in [3.05, 3.63) is 17.6 Å². The Balaban J connectivity index is 2.22. The second kappa shape index (κ2) is 4.87. The minimum absolute atomic E-state index is 0.258. The van der Waals surface area contributed by atoms with Crippen LogP contribution in [0.5, 0.6) is 0 Å². The fourth-order valence-electron chi connectivity index (χ4n) is 1.78. The first-order valence-corrected chi connectivity index (χ1v) is 5.72. The van der Waals surface area contributed by atoms with E-state index in [1.54, 1.807) is 4.68 Å². The van der Waals surface area contributed by atoms with Gasteiger partial charge in [-0.05, 0) is 27.1 Å². The van der Waals surface area contributed by atoms with Crippen LogP contribution in [-0.2, 0) is 7.05 Å². The van der Waals surface area contributed by atoms with E-state index < -0.39 is 0 Å². The van der Waals surface area contributed by atoms with Crippen molar-refractivity contribution in [3.63, 3.8) is 0 Å². The van der Waals surface area contributed by atoms with Gasteiger partial charge in [-0.3, -0.25) is 4.68 Å². The Bertz CT molecular complexity index is 529. The summed E-state index contributed by atoms with van der Waals surface area (Å²) in [6.45, 7) is 2.59. The van der Waals surface area contributed by atoms with Gasteiger partial charge in [0, 0.05) is 13.6 Å². The summed E-state index contributed by atoms with van der Waals surface area (Å²) in [5.74, 6) is 0.958. The predicted octanol–water partition coefficient (Wildman–Crippen LogP) is 0.340. The standard InChI is InChI=1S/C11H18N6O/c1-7-5-9(17(4)14-7)11-13-10(15-18-11)8(12)6-16(2)3/h5,8H,6,12H2,1-4H3. The van der Waals surface area contributed by atoms with E-state index >= 15 is 0 Å². The molecular formula is C11H18N6O. The van der Waals surface area contributed by atoms with E-state index in [1.165, 1.54) is 0 Å². The van der Waals surface area contributed by atoms with Crippen LogP contribution in [0.4, 0.5) is 0 Å². The molecular weight excluding hydrogens is 232 g/mol. The van der Waals surface area contributed by atoms with Crippen LogP contribution in [0.1, 0.15) is 17.6 Å². The van der Waals surface area contributed by atoms with E-state index in [0.29, 0.717) is 18.3 Å². The zero-order chi connectivity index (χ0) is 13.3. The highest BCUT2D eigenvalue weighted by molar-refractivity contribution is 5.47. The van der Waals surface area contributed by atoms with Crippen molar-refractivity contribution < 1.29 is 4.52 Å². The third kappa shape index (κ3) is 2.57. The van der Waals surface area contributed by atoms with E-state index in [2.05, 4.69) is 15.2 Å². The number of hydrogen-bond acceptors (Lipinski definition) is 6. The van der Waals surface area contributed by atoms with Crippen molar-refractivity contribution in [1.29, 1.82) is 0 Å². The molecule has 0 radical (unpaired) electrons. The Morgan fingerprint density at radius 3 is 2.78 bits per heavy atom. The van der Waals surface area contributed by atoms with Gasteiger partial charge in [0.25, 0.3) is 5.89 Å². The van der Waals surface area contributed by atoms with Crippen molar-refractivity contribution in [3.8, 4) is 11.6 Å². The van der Waals surface area contributed by atoms with Crippen LogP contribution in [0.15, 0.2) is 10.6 Å². The molecule has 2 rings (SSSR count). The van der Waals surface area contributed by atoms with E-state index in [0.717, 1.165) is 11.4 Å². The third-order valence-electron chi connectivity index (χ3n) is 2.56. The smallest absolute Gasteiger partial charge is 0.276 e. The van der Waals surface area contributed by atoms with Crippen LogP contribution >= 0.6 is 0 Å². The van der Waals surface area contributed by atoms with Gasteiger partial charge in [-0.15, -0.1) is 0 Å². The maximum atomic E-state index is 5.98. The first kappa shape index (κ1) is 12.7. The first-order chi connectivity index (χ1) is 8.47. The summed E-state index contributed by atoms with van der Waals surface area (Å²) in [4.78, 5) is 6.30. The lowest BCUT2D eigenvalue weighted by Crippen LogP contribution is -2.26. The molecule has 2 heterocycles. The minimum atomic E-state index is -0.258. The molecule has 0 saturated heterocycles. The molecule has 0 aliphatic rings. The van der Waals surface area contributed by atoms with Gasteiger partial charge >= 0.3 is 0 Å². The van der Waals surface area contributed by atoms with E-state index in [1.807, 2.05) is 39.0 Å². The fourth-order valence-corrected chi connectivity index (χ4v) is 1.78. The van der Waals surface area contributed by atoms with Gasteiger partial charge in [-0.25, -0.2) is 0 Å². The highest BCUT2D eigenvalue weighted by Crippen LogP contribution is 2.19. The minimum Gasteiger partial charge on any atom is -0.332 e. The molecule has 0 aliphatic carbocycles. The lowest BCUT2D eigenvalue weighted by atomic mass is 10.3. The van der Waals surface area contributed by atoms with Crippen LogP contribution < -0.4 is 5.73 Å². The Labute approximate surface area is 106 Å². The highest BCUT2D eigenvalue weighted by Gasteiger charge is 2.18. The lowest BCUT2D eigenvalue weighted by Gasteiger charge is -2.12. The molecule has 98 valence electrons. The topological polar surface area (TPSA) is 86.0 Å². The number of hydrogen-bond donors (Lipinski definition) is 1. The Hall–Kier alpha value is -1.73. The van der Waals surface area contributed by atoms with Crippen molar-refractivity contribution in [2.24, 2.45) is 12.8 Å². The molecule has 18 heavy (non-hydrogen) atoms. The van der Waals surface area contributed by atoms with Gasteiger partial charge in [0.1, 0.15) is 5.69 Å². The normalized spacial score (nSPS) is 13.2. The van der Waals surface area contributed by atoms with Crippen molar-refractivity contribution >= 4 is 0 Å². The molecule has 1 unspecified atom stereocenters. The van der Waals surface area contributed by atoms with Gasteiger partial charge in [0.15, 0.2) is 5.82 Å². The molecule has 2 aromatic heterocycles. The maximum Gasteiger partial charge on any atom is 0.276 e. The Morgan fingerprint density at radius 2 is 2.22 bits per heavy atom. The van der Waals surface area contributed by atoms with Crippen LogP contribution in [0.2, 0.25) is 0 Å². The summed E-state index contributed by atoms with van der Waals surface area (Å²) < 4.78 is 6.94. The van der Waals surface area contributed by atoms with Crippen molar-refractivity contribution in [2.75, 3.05) is 20.6 Å². The summed E-state index contributed by atoms with van der Waals surface area (Å²) in [5, 5.41) is 8.16. The number of nitrogens with two attached hydrogens (primary N) is 1. The number of aromatic nitrogens is 4. The van der Waals surface area contributed by atoms with Gasteiger partial charge in [0.2, 0.25) is 0 Å². The summed E-state index contributed by atoms with van der Waals surface area (Å²) in [5.41, 5.74) is 7.68. The van der Waals surface area contributed by atoms with Crippen LogP contribution in [0.3, 0.4) is 0 Å². The van der Waals surface area contributed by atoms with Crippen molar-refractivity contribution in [2.45, 2.75) is 13.0 Å². The molecule has 0 fully saturated rings. The summed E-state index contributed by atoms with van der Waals surface area (Å²) >= 11 is 0. The average molecular weight is 250 g/mol. The third-order valence-corrected chi connectivity index (χ3v) is 2.56. The zero-order valence-electron chi connectivity index (χ0n) is 11.1. The molecule has 2 aromatic rings. The quantitative estimate of drug-likeness (QED) is 0.842. The molecule has 7 heteroatoms. The van der Waals surface area contributed by atoms with Crippen LogP contribution in [0, 0.1) is 6.92 Å². The van der Waals surface area contributed by atoms with E-state index in [4.69, 9.17) is 10.3 Å². The molecule has 7 nitrogen and oxygen atoms in total. The summed E-state index contributed by atoms with van der Waals surface area (Å²) in [7, 11) is 5.74. The maximum absolute atomic E-state index is 5.98. The summed E-state index contributed by atoms with van der Waals surface area (Å²) in [6.07, 6.45) is 0. The predicted molar refractivity (Wildman–Crippen MR) is 66.7 cm³/mol. The van der Waals surface area contributed by atoms with Gasteiger partial charge in [-0.2, -0.15) is 10.1 Å². The number of likely N-dealkylation sites (N-methyl/N-ethyl adjacent to an activating group) is 1. The summed E-state index contributed by atoms with van der Waals surface area (Å²) in [6, 6.07) is 1.64. The van der Waals surface area contributed by atoms with Crippen LogP contribution in [0.25, 0.3) is 11.6 Å². The molecule has 0 saturated carbocycles. The molecule has 1 atom stereocenters. The monoisotopic (exact) mass is 250 g/mol. The van der Waals surface area contributed by atoms with E-state index in [9.17, 15) is 0 Å². The molecule has 0 amide bonds. The Kier molecular flexibility index (Phi) is 3.44.